The first-order valence-electron chi connectivity index (χ1n) is 8.97. The van der Waals surface area contributed by atoms with Crippen LogP contribution in [-0.2, 0) is 0 Å². The Labute approximate surface area is 167 Å². The molecule has 2 N–H and O–H groups in total. The highest BCUT2D eigenvalue weighted by Crippen LogP contribution is 2.35. The number of rotatable bonds is 7. The number of hydrogen-bond donors (Lipinski definition) is 2. The van der Waals surface area contributed by atoms with E-state index in [0.29, 0.717) is 12.1 Å². The zero-order valence-corrected chi connectivity index (χ0v) is 16.0. The fraction of sp³-hybridized carbons (Fsp3) is 0.150. The first-order valence-corrected chi connectivity index (χ1v) is 8.97. The van der Waals surface area contributed by atoms with E-state index in [1.54, 1.807) is 30.0 Å². The Morgan fingerprint density at radius 3 is 2.45 bits per heavy atom. The SMILES string of the molecule is CCN(c1ccccc1)c1ncnc(NNC(=O)c2ccccc2C)c1[N+](=O)[O-]. The molecule has 0 fully saturated rings. The Kier molecular flexibility index (Phi) is 5.98. The number of para-hydroxylation sites is 1. The molecule has 9 heteroatoms. The smallest absolute Gasteiger partial charge is 0.321 e. The summed E-state index contributed by atoms with van der Waals surface area (Å²) in [6.45, 7) is 4.13. The molecule has 3 rings (SSSR count). The molecule has 0 aliphatic rings. The molecule has 0 bridgehead atoms. The van der Waals surface area contributed by atoms with E-state index < -0.39 is 10.8 Å². The van der Waals surface area contributed by atoms with E-state index in [2.05, 4.69) is 20.8 Å². The highest BCUT2D eigenvalue weighted by Gasteiger charge is 2.27. The summed E-state index contributed by atoms with van der Waals surface area (Å²) in [6, 6.07) is 16.2. The van der Waals surface area contributed by atoms with Crippen LogP contribution in [0.1, 0.15) is 22.8 Å². The third-order valence-electron chi connectivity index (χ3n) is 4.31. The lowest BCUT2D eigenvalue weighted by Gasteiger charge is -2.22. The second-order valence-electron chi connectivity index (χ2n) is 6.13. The van der Waals surface area contributed by atoms with Crippen LogP contribution in [0.25, 0.3) is 0 Å². The van der Waals surface area contributed by atoms with Crippen molar-refractivity contribution in [1.29, 1.82) is 0 Å². The first kappa shape index (κ1) is 19.7. The molecule has 0 saturated carbocycles. The first-order chi connectivity index (χ1) is 14.0. The van der Waals surface area contributed by atoms with Crippen molar-refractivity contribution in [2.75, 3.05) is 16.9 Å². The highest BCUT2D eigenvalue weighted by atomic mass is 16.6. The average Bonchev–Trinajstić information content (AvgIpc) is 2.73. The summed E-state index contributed by atoms with van der Waals surface area (Å²) < 4.78 is 0. The predicted octanol–water partition coefficient (Wildman–Crippen LogP) is 3.61. The molecule has 9 nitrogen and oxygen atoms in total. The maximum Gasteiger partial charge on any atom is 0.355 e. The lowest BCUT2D eigenvalue weighted by atomic mass is 10.1. The van der Waals surface area contributed by atoms with Gasteiger partial charge in [-0.3, -0.25) is 25.8 Å². The molecular formula is C20H20N6O3. The van der Waals surface area contributed by atoms with Crippen LogP contribution in [0.5, 0.6) is 0 Å². The fourth-order valence-corrected chi connectivity index (χ4v) is 2.90. The van der Waals surface area contributed by atoms with Gasteiger partial charge in [0.25, 0.3) is 5.91 Å². The van der Waals surface area contributed by atoms with Crippen LogP contribution < -0.4 is 15.8 Å². The minimum Gasteiger partial charge on any atom is -0.321 e. The van der Waals surface area contributed by atoms with Gasteiger partial charge in [0.15, 0.2) is 0 Å². The van der Waals surface area contributed by atoms with Crippen molar-refractivity contribution in [1.82, 2.24) is 15.4 Å². The molecule has 1 aromatic heterocycles. The van der Waals surface area contributed by atoms with Crippen molar-refractivity contribution in [2.24, 2.45) is 0 Å². The van der Waals surface area contributed by atoms with Gasteiger partial charge in [0.1, 0.15) is 6.33 Å². The maximum atomic E-state index is 12.4. The van der Waals surface area contributed by atoms with Gasteiger partial charge in [0.2, 0.25) is 11.6 Å². The van der Waals surface area contributed by atoms with Gasteiger partial charge in [-0.2, -0.15) is 0 Å². The van der Waals surface area contributed by atoms with Crippen LogP contribution in [0, 0.1) is 17.0 Å². The average molecular weight is 392 g/mol. The molecule has 0 aliphatic heterocycles. The van der Waals surface area contributed by atoms with Crippen molar-refractivity contribution in [3.8, 4) is 0 Å². The van der Waals surface area contributed by atoms with E-state index in [1.807, 2.05) is 43.3 Å². The molecule has 2 aromatic carbocycles. The largest absolute Gasteiger partial charge is 0.355 e. The molecule has 3 aromatic rings. The van der Waals surface area contributed by atoms with E-state index in [4.69, 9.17) is 0 Å². The Morgan fingerprint density at radius 1 is 1.10 bits per heavy atom. The van der Waals surface area contributed by atoms with Gasteiger partial charge in [0.05, 0.1) is 4.92 Å². The van der Waals surface area contributed by atoms with Gasteiger partial charge in [-0.25, -0.2) is 9.97 Å². The van der Waals surface area contributed by atoms with Gasteiger partial charge >= 0.3 is 5.69 Å². The van der Waals surface area contributed by atoms with Crippen LogP contribution in [0.15, 0.2) is 60.9 Å². The summed E-state index contributed by atoms with van der Waals surface area (Å²) in [5.41, 5.74) is 6.71. The summed E-state index contributed by atoms with van der Waals surface area (Å²) >= 11 is 0. The van der Waals surface area contributed by atoms with E-state index in [-0.39, 0.29) is 17.3 Å². The monoisotopic (exact) mass is 392 g/mol. The maximum absolute atomic E-state index is 12.4. The lowest BCUT2D eigenvalue weighted by Crippen LogP contribution is -2.31. The lowest BCUT2D eigenvalue weighted by molar-refractivity contribution is -0.383. The molecule has 0 spiro atoms. The number of aryl methyl sites for hydroxylation is 1. The molecule has 148 valence electrons. The molecule has 0 unspecified atom stereocenters. The number of aromatic nitrogens is 2. The number of nitrogens with zero attached hydrogens (tertiary/aromatic N) is 4. The number of hydrogen-bond acceptors (Lipinski definition) is 7. The Bertz CT molecular complexity index is 1030. The number of amides is 1. The third-order valence-corrected chi connectivity index (χ3v) is 4.31. The van der Waals surface area contributed by atoms with Crippen LogP contribution in [-0.4, -0.2) is 27.3 Å². The summed E-state index contributed by atoms with van der Waals surface area (Å²) in [5.74, 6) is -0.393. The standard InChI is InChI=1S/C20H20N6O3/c1-3-25(15-10-5-4-6-11-15)19-17(26(28)29)18(21-13-22-19)23-24-20(27)16-12-8-7-9-14(16)2/h4-13H,3H2,1-2H3,(H,24,27)(H,21,22,23). The van der Waals surface area contributed by atoms with Crippen molar-refractivity contribution in [2.45, 2.75) is 13.8 Å². The predicted molar refractivity (Wildman–Crippen MR) is 110 cm³/mol. The van der Waals surface area contributed by atoms with Gasteiger partial charge in [-0.1, -0.05) is 36.4 Å². The fourth-order valence-electron chi connectivity index (χ4n) is 2.90. The van der Waals surface area contributed by atoms with E-state index >= 15 is 0 Å². The number of carbonyl (C=O) groups is 1. The molecular weight excluding hydrogens is 372 g/mol. The molecule has 0 atom stereocenters. The normalized spacial score (nSPS) is 10.3. The van der Waals surface area contributed by atoms with Gasteiger partial charge in [-0.05, 0) is 37.6 Å². The molecule has 29 heavy (non-hydrogen) atoms. The Balaban J connectivity index is 1.92. The molecule has 0 aliphatic carbocycles. The minimum atomic E-state index is -0.566. The quantitative estimate of drug-likeness (QED) is 0.466. The zero-order chi connectivity index (χ0) is 20.8. The van der Waals surface area contributed by atoms with Crippen LogP contribution >= 0.6 is 0 Å². The second-order valence-corrected chi connectivity index (χ2v) is 6.13. The van der Waals surface area contributed by atoms with Crippen molar-refractivity contribution < 1.29 is 9.72 Å². The molecule has 0 saturated heterocycles. The molecule has 1 heterocycles. The minimum absolute atomic E-state index is 0.101. The Hall–Kier alpha value is -4.01. The van der Waals surface area contributed by atoms with Crippen LogP contribution in [0.2, 0.25) is 0 Å². The molecule has 1 amide bonds. The third kappa shape index (κ3) is 4.29. The van der Waals surface area contributed by atoms with Gasteiger partial charge in [0, 0.05) is 17.8 Å². The summed E-state index contributed by atoms with van der Waals surface area (Å²) in [5, 5.41) is 11.8. The van der Waals surface area contributed by atoms with Crippen molar-refractivity contribution >= 4 is 28.9 Å². The number of hydrazine groups is 1. The number of nitro groups is 1. The second kappa shape index (κ2) is 8.79. The van der Waals surface area contributed by atoms with Gasteiger partial charge < -0.3 is 4.90 Å². The van der Waals surface area contributed by atoms with Crippen molar-refractivity contribution in [3.63, 3.8) is 0 Å². The van der Waals surface area contributed by atoms with E-state index in [1.165, 1.54) is 6.33 Å². The number of carbonyl (C=O) groups excluding carboxylic acids is 1. The summed E-state index contributed by atoms with van der Waals surface area (Å²) in [6.07, 6.45) is 1.22. The van der Waals surface area contributed by atoms with E-state index in [9.17, 15) is 14.9 Å². The van der Waals surface area contributed by atoms with Crippen LogP contribution in [0.3, 0.4) is 0 Å². The Morgan fingerprint density at radius 2 is 1.79 bits per heavy atom. The van der Waals surface area contributed by atoms with E-state index in [0.717, 1.165) is 11.3 Å². The van der Waals surface area contributed by atoms with Crippen LogP contribution in [0.4, 0.5) is 23.0 Å². The van der Waals surface area contributed by atoms with Gasteiger partial charge in [-0.15, -0.1) is 0 Å². The number of anilines is 3. The summed E-state index contributed by atoms with van der Waals surface area (Å²) in [4.78, 5) is 33.4. The number of nitrogens with one attached hydrogen (secondary N) is 2. The topological polar surface area (TPSA) is 113 Å². The summed E-state index contributed by atoms with van der Waals surface area (Å²) in [7, 11) is 0. The highest BCUT2D eigenvalue weighted by molar-refractivity contribution is 5.96. The number of benzene rings is 2. The molecule has 0 radical (unpaired) electrons. The van der Waals surface area contributed by atoms with Crippen molar-refractivity contribution in [3.05, 3.63) is 82.2 Å². The zero-order valence-electron chi connectivity index (χ0n) is 16.0.